The van der Waals surface area contributed by atoms with Gasteiger partial charge in [-0.3, -0.25) is 4.79 Å². The molecule has 0 atom stereocenters. The summed E-state index contributed by atoms with van der Waals surface area (Å²) < 4.78 is 0. The molecule has 152 valence electrons. The third-order valence-corrected chi connectivity index (χ3v) is 7.97. The predicted molar refractivity (Wildman–Crippen MR) is 106 cm³/mol. The van der Waals surface area contributed by atoms with Gasteiger partial charge in [-0.25, -0.2) is 4.79 Å². The molecule has 0 aromatic rings. The maximum absolute atomic E-state index is 12.5. The fourth-order valence-electron chi connectivity index (χ4n) is 6.84. The molecule has 0 aliphatic heterocycles. The highest BCUT2D eigenvalue weighted by Gasteiger charge is 2.51. The molecule has 0 radical (unpaired) electrons. The number of urea groups is 1. The van der Waals surface area contributed by atoms with Crippen molar-refractivity contribution in [2.45, 2.75) is 89.1 Å². The van der Waals surface area contributed by atoms with Crippen molar-refractivity contribution in [1.82, 2.24) is 15.5 Å². The zero-order valence-corrected chi connectivity index (χ0v) is 17.1. The van der Waals surface area contributed by atoms with Crippen LogP contribution < -0.4 is 10.6 Å². The van der Waals surface area contributed by atoms with Gasteiger partial charge < -0.3 is 15.5 Å². The normalized spacial score (nSPS) is 39.9. The van der Waals surface area contributed by atoms with Gasteiger partial charge in [0, 0.05) is 31.6 Å². The fourth-order valence-corrected chi connectivity index (χ4v) is 6.84. The highest BCUT2D eigenvalue weighted by molar-refractivity contribution is 5.78. The van der Waals surface area contributed by atoms with Gasteiger partial charge in [-0.1, -0.05) is 6.92 Å². The molecular weight excluding hydrogens is 338 g/mol. The van der Waals surface area contributed by atoms with Crippen LogP contribution in [0.25, 0.3) is 0 Å². The van der Waals surface area contributed by atoms with Crippen molar-refractivity contribution < 1.29 is 9.59 Å². The number of carbonyl (C=O) groups excluding carboxylic acids is 2. The number of hydrogen-bond acceptors (Lipinski definition) is 2. The second-order valence-electron chi connectivity index (χ2n) is 10.2. The third kappa shape index (κ3) is 4.27. The lowest BCUT2D eigenvalue weighted by atomic mass is 9.53. The molecule has 5 rings (SSSR count). The molecule has 27 heavy (non-hydrogen) atoms. The zero-order valence-electron chi connectivity index (χ0n) is 17.1. The van der Waals surface area contributed by atoms with Crippen LogP contribution in [0.15, 0.2) is 0 Å². The Morgan fingerprint density at radius 2 is 1.52 bits per heavy atom. The van der Waals surface area contributed by atoms with E-state index in [0.717, 1.165) is 55.8 Å². The summed E-state index contributed by atoms with van der Waals surface area (Å²) in [7, 11) is 1.93. The number of nitrogens with zero attached hydrogens (tertiary/aromatic N) is 1. The molecule has 0 aromatic carbocycles. The second kappa shape index (κ2) is 7.63. The van der Waals surface area contributed by atoms with Crippen LogP contribution in [0.2, 0.25) is 0 Å². The van der Waals surface area contributed by atoms with Crippen LogP contribution in [0.3, 0.4) is 0 Å². The first-order chi connectivity index (χ1) is 12.9. The van der Waals surface area contributed by atoms with E-state index in [1.807, 2.05) is 11.9 Å². The van der Waals surface area contributed by atoms with Crippen molar-refractivity contribution in [3.05, 3.63) is 0 Å². The van der Waals surface area contributed by atoms with E-state index in [4.69, 9.17) is 0 Å². The Bertz CT molecular complexity index is 533. The van der Waals surface area contributed by atoms with Crippen LogP contribution in [0, 0.1) is 23.7 Å². The molecule has 4 bridgehead atoms. The van der Waals surface area contributed by atoms with E-state index in [-0.39, 0.29) is 17.5 Å². The molecule has 0 saturated heterocycles. The third-order valence-electron chi connectivity index (χ3n) is 7.97. The Kier molecular flexibility index (Phi) is 5.39. The summed E-state index contributed by atoms with van der Waals surface area (Å²) in [5.74, 6) is 3.42. The zero-order chi connectivity index (χ0) is 19.0. The molecule has 5 fully saturated rings. The van der Waals surface area contributed by atoms with Gasteiger partial charge in [0.1, 0.15) is 0 Å². The first-order valence-corrected chi connectivity index (χ1v) is 11.2. The topological polar surface area (TPSA) is 61.4 Å². The van der Waals surface area contributed by atoms with Crippen LogP contribution in [0.4, 0.5) is 4.79 Å². The summed E-state index contributed by atoms with van der Waals surface area (Å²) in [6.07, 6.45) is 12.7. The molecule has 5 aliphatic rings. The Labute approximate surface area is 164 Å². The minimum absolute atomic E-state index is 0.0401. The highest BCUT2D eigenvalue weighted by Crippen LogP contribution is 2.55. The van der Waals surface area contributed by atoms with Gasteiger partial charge in [-0.15, -0.1) is 0 Å². The summed E-state index contributed by atoms with van der Waals surface area (Å²) in [4.78, 5) is 26.9. The average molecular weight is 376 g/mol. The maximum Gasteiger partial charge on any atom is 0.315 e. The lowest BCUT2D eigenvalue weighted by Crippen LogP contribution is -2.61. The Hall–Kier alpha value is -1.26. The first kappa shape index (κ1) is 19.1. The molecule has 0 spiro atoms. The quantitative estimate of drug-likeness (QED) is 0.770. The van der Waals surface area contributed by atoms with Crippen LogP contribution in [-0.4, -0.2) is 42.0 Å². The standard InChI is InChI=1S/C22H37N3O2/c1-15-3-5-19(6-4-15)25(2)20(26)7-8-23-21(27)24-22-12-16-9-17(13-22)11-18(10-16)14-22/h15-19H,3-14H2,1-2H3,(H2,23,24,27). The maximum atomic E-state index is 12.5. The molecule has 0 heterocycles. The molecule has 5 aliphatic carbocycles. The Balaban J connectivity index is 1.19. The molecule has 0 aromatic heterocycles. The second-order valence-corrected chi connectivity index (χ2v) is 10.2. The predicted octanol–water partition coefficient (Wildman–Crippen LogP) is 3.68. The first-order valence-electron chi connectivity index (χ1n) is 11.2. The Morgan fingerprint density at radius 1 is 0.963 bits per heavy atom. The van der Waals surface area contributed by atoms with Crippen molar-refractivity contribution in [3.63, 3.8) is 0 Å². The number of hydrogen-bond donors (Lipinski definition) is 2. The van der Waals surface area contributed by atoms with Crippen LogP contribution in [-0.2, 0) is 4.79 Å². The van der Waals surface area contributed by atoms with Crippen molar-refractivity contribution in [3.8, 4) is 0 Å². The molecular formula is C22H37N3O2. The van der Waals surface area contributed by atoms with E-state index >= 15 is 0 Å². The number of amides is 3. The van der Waals surface area contributed by atoms with E-state index in [2.05, 4.69) is 17.6 Å². The van der Waals surface area contributed by atoms with E-state index in [1.54, 1.807) is 0 Å². The average Bonchev–Trinajstić information content (AvgIpc) is 2.60. The highest BCUT2D eigenvalue weighted by atomic mass is 16.2. The van der Waals surface area contributed by atoms with Crippen LogP contribution >= 0.6 is 0 Å². The van der Waals surface area contributed by atoms with Gasteiger partial charge in [0.2, 0.25) is 5.91 Å². The fraction of sp³-hybridized carbons (Fsp3) is 0.909. The lowest BCUT2D eigenvalue weighted by molar-refractivity contribution is -0.132. The summed E-state index contributed by atoms with van der Waals surface area (Å²) in [6.45, 7) is 2.73. The van der Waals surface area contributed by atoms with E-state index in [0.29, 0.717) is 19.0 Å². The molecule has 5 saturated carbocycles. The molecule has 3 amide bonds. The largest absolute Gasteiger partial charge is 0.343 e. The van der Waals surface area contributed by atoms with Crippen molar-refractivity contribution >= 4 is 11.9 Å². The monoisotopic (exact) mass is 375 g/mol. The number of nitrogens with one attached hydrogen (secondary N) is 2. The van der Waals surface area contributed by atoms with Gasteiger partial charge in [0.15, 0.2) is 0 Å². The number of carbonyl (C=O) groups is 2. The summed E-state index contributed by atoms with van der Waals surface area (Å²) >= 11 is 0. The van der Waals surface area contributed by atoms with Crippen molar-refractivity contribution in [2.75, 3.05) is 13.6 Å². The van der Waals surface area contributed by atoms with Gasteiger partial charge in [0.25, 0.3) is 0 Å². The molecule has 5 nitrogen and oxygen atoms in total. The minimum atomic E-state index is -0.0705. The molecule has 0 unspecified atom stereocenters. The summed E-state index contributed by atoms with van der Waals surface area (Å²) in [6, 6.07) is 0.313. The van der Waals surface area contributed by atoms with Crippen LogP contribution in [0.5, 0.6) is 0 Å². The van der Waals surface area contributed by atoms with Crippen LogP contribution in [0.1, 0.15) is 77.6 Å². The number of rotatable bonds is 5. The molecule has 5 heteroatoms. The van der Waals surface area contributed by atoms with E-state index in [9.17, 15) is 9.59 Å². The lowest BCUT2D eigenvalue weighted by Gasteiger charge is -2.56. The summed E-state index contributed by atoms with van der Waals surface area (Å²) in [5, 5.41) is 6.28. The van der Waals surface area contributed by atoms with Gasteiger partial charge in [-0.05, 0) is 87.9 Å². The smallest absolute Gasteiger partial charge is 0.315 e. The minimum Gasteiger partial charge on any atom is -0.343 e. The Morgan fingerprint density at radius 3 is 2.07 bits per heavy atom. The molecule has 2 N–H and O–H groups in total. The van der Waals surface area contributed by atoms with Gasteiger partial charge in [0.05, 0.1) is 0 Å². The van der Waals surface area contributed by atoms with Gasteiger partial charge >= 0.3 is 6.03 Å². The van der Waals surface area contributed by atoms with Crippen molar-refractivity contribution in [2.24, 2.45) is 23.7 Å². The van der Waals surface area contributed by atoms with E-state index < -0.39 is 0 Å². The summed E-state index contributed by atoms with van der Waals surface area (Å²) in [5.41, 5.74) is 0.0401. The SMILES string of the molecule is CC1CCC(N(C)C(=O)CCNC(=O)NC23CC4CC(CC(C4)C2)C3)CC1. The van der Waals surface area contributed by atoms with Gasteiger partial charge in [-0.2, -0.15) is 0 Å². The van der Waals surface area contributed by atoms with Crippen molar-refractivity contribution in [1.29, 1.82) is 0 Å². The van der Waals surface area contributed by atoms with E-state index in [1.165, 1.54) is 32.1 Å².